The fourth-order valence-electron chi connectivity index (χ4n) is 1.94. The number of nitrogens with zero attached hydrogens (tertiary/aromatic N) is 1. The third-order valence-corrected chi connectivity index (χ3v) is 2.69. The van der Waals surface area contributed by atoms with Crippen molar-refractivity contribution in [3.05, 3.63) is 12.3 Å². The second kappa shape index (κ2) is 2.26. The van der Waals surface area contributed by atoms with Crippen LogP contribution in [0.2, 0.25) is 0 Å². The van der Waals surface area contributed by atoms with Gasteiger partial charge in [0, 0.05) is 23.2 Å². The van der Waals surface area contributed by atoms with Crippen molar-refractivity contribution < 1.29 is 0 Å². The van der Waals surface area contributed by atoms with Gasteiger partial charge in [0.05, 0.1) is 0 Å². The normalized spacial score (nSPS) is 32.1. The van der Waals surface area contributed by atoms with Gasteiger partial charge in [-0.15, -0.1) is 0 Å². The summed E-state index contributed by atoms with van der Waals surface area (Å²) in [6.45, 7) is 15.3. The van der Waals surface area contributed by atoms with E-state index in [-0.39, 0.29) is 5.54 Å². The lowest BCUT2D eigenvalue weighted by molar-refractivity contribution is 0.0226. The van der Waals surface area contributed by atoms with Gasteiger partial charge in [-0.3, -0.25) is 0 Å². The average Bonchev–Trinajstić information content (AvgIpc) is 1.85. The van der Waals surface area contributed by atoms with Crippen molar-refractivity contribution in [1.29, 1.82) is 0 Å². The Bertz CT molecular complexity index is 176. The minimum atomic E-state index is 0.253. The first-order valence-electron chi connectivity index (χ1n) is 4.34. The number of likely N-dealkylation sites (tertiary alicyclic amines) is 1. The maximum atomic E-state index is 4.07. The van der Waals surface area contributed by atoms with Crippen LogP contribution in [-0.4, -0.2) is 16.5 Å². The molecule has 0 saturated carbocycles. The number of rotatable bonds is 0. The molecule has 2 unspecified atom stereocenters. The van der Waals surface area contributed by atoms with Gasteiger partial charge >= 0.3 is 0 Å². The topological polar surface area (TPSA) is 3.24 Å². The molecule has 0 aromatic carbocycles. The first-order chi connectivity index (χ1) is 4.85. The zero-order valence-electron chi connectivity index (χ0n) is 8.31. The summed E-state index contributed by atoms with van der Waals surface area (Å²) in [4.78, 5) is 2.40. The van der Waals surface area contributed by atoms with Gasteiger partial charge in [0.2, 0.25) is 0 Å². The third-order valence-electron chi connectivity index (χ3n) is 2.69. The van der Waals surface area contributed by atoms with E-state index in [9.17, 15) is 0 Å². The van der Waals surface area contributed by atoms with Crippen molar-refractivity contribution in [2.45, 2.75) is 46.2 Å². The van der Waals surface area contributed by atoms with Gasteiger partial charge in [0.1, 0.15) is 0 Å². The molecule has 1 saturated heterocycles. The van der Waals surface area contributed by atoms with Crippen molar-refractivity contribution in [2.75, 3.05) is 0 Å². The van der Waals surface area contributed by atoms with E-state index in [1.54, 1.807) is 0 Å². The zero-order valence-corrected chi connectivity index (χ0v) is 8.31. The summed E-state index contributed by atoms with van der Waals surface area (Å²) < 4.78 is 0. The third kappa shape index (κ3) is 1.17. The molecule has 0 aromatic rings. The van der Waals surface area contributed by atoms with Crippen molar-refractivity contribution >= 4 is 0 Å². The minimum absolute atomic E-state index is 0.253. The lowest BCUT2D eigenvalue weighted by atomic mass is 9.83. The molecule has 1 fully saturated rings. The largest absolute Gasteiger partial charge is 0.367 e. The molecule has 0 spiro atoms. The Balaban J connectivity index is 2.71. The lowest BCUT2D eigenvalue weighted by Crippen LogP contribution is -2.58. The van der Waals surface area contributed by atoms with E-state index in [4.69, 9.17) is 0 Å². The SMILES string of the molecule is C=C1C(C)C(C)N1C(C)(C)C. The van der Waals surface area contributed by atoms with E-state index >= 15 is 0 Å². The van der Waals surface area contributed by atoms with Crippen molar-refractivity contribution in [1.82, 2.24) is 4.90 Å². The second-order valence-corrected chi connectivity index (χ2v) is 4.56. The quantitative estimate of drug-likeness (QED) is 0.517. The van der Waals surface area contributed by atoms with Crippen LogP contribution in [0.1, 0.15) is 34.6 Å². The van der Waals surface area contributed by atoms with Crippen molar-refractivity contribution in [2.24, 2.45) is 5.92 Å². The Kier molecular flexibility index (Phi) is 1.78. The molecule has 11 heavy (non-hydrogen) atoms. The smallest absolute Gasteiger partial charge is 0.0343 e. The van der Waals surface area contributed by atoms with E-state index in [0.29, 0.717) is 12.0 Å². The standard InChI is InChI=1S/C10H19N/c1-7-8(2)11(9(7)3)10(4,5)6/h7,9H,2H2,1,3-6H3. The van der Waals surface area contributed by atoms with Crippen LogP contribution in [0, 0.1) is 5.92 Å². The summed E-state index contributed by atoms with van der Waals surface area (Å²) in [5.41, 5.74) is 1.55. The van der Waals surface area contributed by atoms with Crippen LogP contribution in [-0.2, 0) is 0 Å². The predicted octanol–water partition coefficient (Wildman–Crippen LogP) is 2.64. The molecule has 1 nitrogen and oxygen atoms in total. The molecule has 0 amide bonds. The molecule has 64 valence electrons. The average molecular weight is 153 g/mol. The van der Waals surface area contributed by atoms with Crippen LogP contribution >= 0.6 is 0 Å². The van der Waals surface area contributed by atoms with Gasteiger partial charge in [-0.2, -0.15) is 0 Å². The molecule has 0 aromatic heterocycles. The van der Waals surface area contributed by atoms with E-state index in [2.05, 4.69) is 46.1 Å². The predicted molar refractivity (Wildman–Crippen MR) is 49.4 cm³/mol. The van der Waals surface area contributed by atoms with E-state index in [0.717, 1.165) is 0 Å². The Morgan fingerprint density at radius 1 is 1.27 bits per heavy atom. The summed E-state index contributed by atoms with van der Waals surface area (Å²) in [5.74, 6) is 0.675. The molecule has 1 heteroatoms. The summed E-state index contributed by atoms with van der Waals surface area (Å²) >= 11 is 0. The van der Waals surface area contributed by atoms with Crippen LogP contribution in [0.5, 0.6) is 0 Å². The Morgan fingerprint density at radius 2 is 1.73 bits per heavy atom. The maximum absolute atomic E-state index is 4.07. The van der Waals surface area contributed by atoms with Gasteiger partial charge in [0.15, 0.2) is 0 Å². The molecule has 0 aliphatic carbocycles. The minimum Gasteiger partial charge on any atom is -0.367 e. The van der Waals surface area contributed by atoms with Crippen LogP contribution in [0.15, 0.2) is 12.3 Å². The fourth-order valence-corrected chi connectivity index (χ4v) is 1.94. The summed E-state index contributed by atoms with van der Waals surface area (Å²) in [7, 11) is 0. The summed E-state index contributed by atoms with van der Waals surface area (Å²) in [5, 5.41) is 0. The zero-order chi connectivity index (χ0) is 8.81. The molecule has 2 atom stereocenters. The summed E-state index contributed by atoms with van der Waals surface area (Å²) in [6, 6.07) is 0.669. The van der Waals surface area contributed by atoms with E-state index in [1.165, 1.54) is 5.70 Å². The molecule has 1 aliphatic heterocycles. The fraction of sp³-hybridized carbons (Fsp3) is 0.800. The Labute approximate surface area is 70.1 Å². The molecule has 0 N–H and O–H groups in total. The van der Waals surface area contributed by atoms with Crippen molar-refractivity contribution in [3.63, 3.8) is 0 Å². The maximum Gasteiger partial charge on any atom is 0.0343 e. The van der Waals surface area contributed by atoms with Crippen molar-refractivity contribution in [3.8, 4) is 0 Å². The molecule has 1 rings (SSSR count). The number of hydrogen-bond donors (Lipinski definition) is 0. The van der Waals surface area contributed by atoms with Crippen LogP contribution in [0.3, 0.4) is 0 Å². The van der Waals surface area contributed by atoms with Gasteiger partial charge < -0.3 is 4.90 Å². The Morgan fingerprint density at radius 3 is 1.91 bits per heavy atom. The molecule has 1 aliphatic rings. The van der Waals surface area contributed by atoms with Crippen LogP contribution < -0.4 is 0 Å². The molecule has 0 bridgehead atoms. The van der Waals surface area contributed by atoms with Gasteiger partial charge in [-0.25, -0.2) is 0 Å². The highest BCUT2D eigenvalue weighted by atomic mass is 15.3. The molecular formula is C10H19N. The molecular weight excluding hydrogens is 134 g/mol. The first-order valence-corrected chi connectivity index (χ1v) is 4.34. The number of hydrogen-bond acceptors (Lipinski definition) is 1. The van der Waals surface area contributed by atoms with Gasteiger partial charge in [-0.05, 0) is 27.7 Å². The first kappa shape index (κ1) is 8.63. The molecule has 0 radical (unpaired) electrons. The van der Waals surface area contributed by atoms with Gasteiger partial charge in [-0.1, -0.05) is 13.5 Å². The highest BCUT2D eigenvalue weighted by Gasteiger charge is 2.41. The summed E-state index contributed by atoms with van der Waals surface area (Å²) in [6.07, 6.45) is 0. The van der Waals surface area contributed by atoms with Crippen LogP contribution in [0.4, 0.5) is 0 Å². The lowest BCUT2D eigenvalue weighted by Gasteiger charge is -2.56. The monoisotopic (exact) mass is 153 g/mol. The second-order valence-electron chi connectivity index (χ2n) is 4.56. The highest BCUT2D eigenvalue weighted by molar-refractivity contribution is 5.17. The van der Waals surface area contributed by atoms with Gasteiger partial charge in [0.25, 0.3) is 0 Å². The van der Waals surface area contributed by atoms with E-state index in [1.807, 2.05) is 0 Å². The Hall–Kier alpha value is -0.460. The highest BCUT2D eigenvalue weighted by Crippen LogP contribution is 2.39. The molecule has 1 heterocycles. The van der Waals surface area contributed by atoms with E-state index < -0.39 is 0 Å². The van der Waals surface area contributed by atoms with Crippen LogP contribution in [0.25, 0.3) is 0 Å².